The number of ether oxygens (including phenoxy) is 3. The van der Waals surface area contributed by atoms with E-state index in [9.17, 15) is 33.9 Å². The first-order chi connectivity index (χ1) is 34.6. The van der Waals surface area contributed by atoms with Crippen molar-refractivity contribution in [2.45, 2.75) is 135 Å². The highest BCUT2D eigenvalue weighted by molar-refractivity contribution is 6.35. The molecule has 4 saturated heterocycles. The van der Waals surface area contributed by atoms with Gasteiger partial charge in [-0.1, -0.05) is 46.4 Å². The molecule has 6 aliphatic rings. The van der Waals surface area contributed by atoms with Crippen molar-refractivity contribution < 1.29 is 48.1 Å². The van der Waals surface area contributed by atoms with Crippen LogP contribution in [0.3, 0.4) is 0 Å². The molecule has 4 aromatic rings. The first-order valence-corrected chi connectivity index (χ1v) is 26.0. The number of hydrogen-bond acceptors (Lipinski definition) is 11. The van der Waals surface area contributed by atoms with Crippen molar-refractivity contribution >= 4 is 82.3 Å². The van der Waals surface area contributed by atoms with Crippen molar-refractivity contribution in [1.29, 1.82) is 0 Å². The lowest BCUT2D eigenvalue weighted by atomic mass is 9.78. The fourth-order valence-corrected chi connectivity index (χ4v) is 12.4. The molecule has 4 fully saturated rings. The fraction of sp³-hybridized carbons (Fsp3) is 0.520. The number of piperidine rings is 4. The van der Waals surface area contributed by atoms with Crippen LogP contribution in [0.5, 0.6) is 0 Å². The van der Waals surface area contributed by atoms with E-state index in [-0.39, 0.29) is 67.6 Å². The van der Waals surface area contributed by atoms with Crippen LogP contribution in [0.25, 0.3) is 0 Å². The number of benzene rings is 2. The average Bonchev–Trinajstić information content (AvgIpc) is 3.98. The molecule has 4 atom stereocenters. The summed E-state index contributed by atoms with van der Waals surface area (Å²) in [6.45, 7) is 4.63. The van der Waals surface area contributed by atoms with E-state index in [4.69, 9.17) is 60.6 Å². The standard InChI is InChI=1S/C26H30Cl2N4O5.C24H26Cl2N4O5/c1-2-36-25(34)17-10-20-4-3-5-21(11-17)32(20)24(33)23-13-22-14-30(6-7-31(22)29-23)26(35)37-15-16-8-18(27)12-19(28)9-16;25-16-6-14(7-17(26)10-16)13-35-24(34)28-4-5-29-20(12-28)11-21(27-29)22(31)30-18-2-1-3-19(30)9-15(8-18)23(32)33/h8-9,12-13,17,20-21H,2-7,10-11,14-15H2,1H3;6-7,10-11,15,18-19H,1-5,8-9,12-13H2,(H,32,33). The number of fused-ring (bicyclic) bond motifs is 6. The lowest BCUT2D eigenvalue weighted by molar-refractivity contribution is -0.151. The Hall–Kier alpha value is -5.56. The second-order valence-corrected chi connectivity index (χ2v) is 21.1. The Bertz CT molecular complexity index is 2670. The molecule has 72 heavy (non-hydrogen) atoms. The van der Waals surface area contributed by atoms with Crippen molar-refractivity contribution in [1.82, 2.24) is 39.2 Å². The van der Waals surface area contributed by atoms with Gasteiger partial charge in [0.1, 0.15) is 13.2 Å². The summed E-state index contributed by atoms with van der Waals surface area (Å²) in [5, 5.41) is 20.5. The second-order valence-electron chi connectivity index (χ2n) is 19.3. The highest BCUT2D eigenvalue weighted by atomic mass is 35.5. The first-order valence-electron chi connectivity index (χ1n) is 24.5. The summed E-state index contributed by atoms with van der Waals surface area (Å²) in [4.78, 5) is 83.2. The monoisotopic (exact) mass is 1070 g/mol. The average molecular weight is 1070 g/mol. The Kier molecular flexibility index (Phi) is 15.9. The highest BCUT2D eigenvalue weighted by Crippen LogP contribution is 2.40. The van der Waals surface area contributed by atoms with Gasteiger partial charge in [-0.3, -0.25) is 28.5 Å². The summed E-state index contributed by atoms with van der Waals surface area (Å²) in [7, 11) is 0. The number of esters is 1. The summed E-state index contributed by atoms with van der Waals surface area (Å²) < 4.78 is 19.7. The minimum absolute atomic E-state index is 0.0135. The SMILES string of the molecule is CCOC(=O)C1CC2CCCC(C1)N2C(=O)c1cc2n(n1)CCN(C(=O)OCc1cc(Cl)cc(Cl)c1)C2.O=C(O)C1CC2CCCC(C1)N2C(=O)c1cc2n(n1)CCN(C(=O)OCc1cc(Cl)cc(Cl)c1)C2. The third-order valence-corrected chi connectivity index (χ3v) is 15.4. The van der Waals surface area contributed by atoms with Crippen molar-refractivity contribution in [3.63, 3.8) is 0 Å². The Labute approximate surface area is 436 Å². The van der Waals surface area contributed by atoms with Gasteiger partial charge in [0.2, 0.25) is 0 Å². The van der Waals surface area contributed by atoms with E-state index in [1.165, 1.54) is 0 Å². The van der Waals surface area contributed by atoms with E-state index in [2.05, 4.69) is 10.2 Å². The number of carbonyl (C=O) groups excluding carboxylic acids is 5. The molecule has 2 aromatic carbocycles. The number of amides is 4. The van der Waals surface area contributed by atoms with Crippen LogP contribution in [0.4, 0.5) is 9.59 Å². The summed E-state index contributed by atoms with van der Waals surface area (Å²) in [6, 6.07) is 13.4. The van der Waals surface area contributed by atoms with Crippen molar-refractivity contribution in [3.8, 4) is 0 Å². The molecule has 8 heterocycles. The van der Waals surface area contributed by atoms with E-state index >= 15 is 0 Å². The predicted octanol–water partition coefficient (Wildman–Crippen LogP) is 8.88. The maximum atomic E-state index is 13.6. The molecule has 1 N–H and O–H groups in total. The zero-order valence-corrected chi connectivity index (χ0v) is 42.8. The van der Waals surface area contributed by atoms with Crippen LogP contribution in [-0.4, -0.2) is 124 Å². The van der Waals surface area contributed by atoms with E-state index in [1.54, 1.807) is 67.7 Å². The van der Waals surface area contributed by atoms with Crippen LogP contribution < -0.4 is 0 Å². The fourth-order valence-electron chi connectivity index (χ4n) is 11.3. The van der Waals surface area contributed by atoms with Gasteiger partial charge in [-0.15, -0.1) is 0 Å². The maximum Gasteiger partial charge on any atom is 0.410 e. The molecule has 0 saturated carbocycles. The van der Waals surface area contributed by atoms with Gasteiger partial charge in [0.25, 0.3) is 11.8 Å². The van der Waals surface area contributed by atoms with Gasteiger partial charge in [0.15, 0.2) is 11.4 Å². The molecule has 384 valence electrons. The van der Waals surface area contributed by atoms with Crippen LogP contribution in [-0.2, 0) is 63.2 Å². The zero-order valence-electron chi connectivity index (χ0n) is 39.7. The van der Waals surface area contributed by atoms with E-state index in [0.717, 1.165) is 49.9 Å². The number of aliphatic carboxylic acids is 1. The van der Waals surface area contributed by atoms with Gasteiger partial charge in [-0.25, -0.2) is 9.59 Å². The van der Waals surface area contributed by atoms with Gasteiger partial charge in [-0.2, -0.15) is 10.2 Å². The number of halogens is 4. The van der Waals surface area contributed by atoms with Crippen LogP contribution in [0, 0.1) is 11.8 Å². The lowest BCUT2D eigenvalue weighted by Crippen LogP contribution is -2.55. The molecule has 0 spiro atoms. The minimum Gasteiger partial charge on any atom is -0.481 e. The Morgan fingerprint density at radius 3 is 1.32 bits per heavy atom. The molecule has 6 aliphatic heterocycles. The lowest BCUT2D eigenvalue weighted by Gasteiger charge is -2.48. The topological polar surface area (TPSA) is 199 Å². The minimum atomic E-state index is -0.781. The smallest absolute Gasteiger partial charge is 0.410 e. The normalized spacial score (nSPS) is 23.2. The number of carboxylic acid groups (broad SMARTS) is 1. The van der Waals surface area contributed by atoms with Gasteiger partial charge in [0, 0.05) is 57.3 Å². The molecule has 2 aromatic heterocycles. The van der Waals surface area contributed by atoms with Gasteiger partial charge in [0.05, 0.1) is 56.0 Å². The molecular weight excluding hydrogens is 1010 g/mol. The molecule has 4 unspecified atom stereocenters. The van der Waals surface area contributed by atoms with Crippen molar-refractivity contribution in [2.24, 2.45) is 11.8 Å². The number of nitrogens with zero attached hydrogens (tertiary/aromatic N) is 8. The van der Waals surface area contributed by atoms with Crippen molar-refractivity contribution in [3.05, 3.63) is 103 Å². The summed E-state index contributed by atoms with van der Waals surface area (Å²) in [5.41, 5.74) is 3.66. The summed E-state index contributed by atoms with van der Waals surface area (Å²) in [5.74, 6) is -1.75. The van der Waals surface area contributed by atoms with Crippen LogP contribution in [0.15, 0.2) is 48.5 Å². The molecule has 0 radical (unpaired) electrons. The Balaban J connectivity index is 0.000000178. The van der Waals surface area contributed by atoms with Crippen LogP contribution >= 0.6 is 46.4 Å². The highest BCUT2D eigenvalue weighted by Gasteiger charge is 2.46. The Morgan fingerprint density at radius 2 is 0.944 bits per heavy atom. The third-order valence-electron chi connectivity index (χ3n) is 14.5. The van der Waals surface area contributed by atoms with Crippen molar-refractivity contribution in [2.75, 3.05) is 19.7 Å². The van der Waals surface area contributed by atoms with Gasteiger partial charge < -0.3 is 38.9 Å². The van der Waals surface area contributed by atoms with Crippen LogP contribution in [0.1, 0.15) is 115 Å². The quantitative estimate of drug-likeness (QED) is 0.124. The molecular formula is C50H56Cl4N8O10. The number of aromatic nitrogens is 4. The van der Waals surface area contributed by atoms with Gasteiger partial charge in [-0.05, 0) is 131 Å². The molecule has 4 bridgehead atoms. The largest absolute Gasteiger partial charge is 0.481 e. The molecule has 4 amide bonds. The van der Waals surface area contributed by atoms with Crippen LogP contribution in [0.2, 0.25) is 20.1 Å². The number of carbonyl (C=O) groups is 6. The van der Waals surface area contributed by atoms with E-state index in [0.29, 0.717) is 108 Å². The van der Waals surface area contributed by atoms with Gasteiger partial charge >= 0.3 is 24.1 Å². The summed E-state index contributed by atoms with van der Waals surface area (Å²) in [6.07, 6.45) is 6.76. The maximum absolute atomic E-state index is 13.6. The number of rotatable bonds is 9. The zero-order chi connectivity index (χ0) is 50.8. The third kappa shape index (κ3) is 11.6. The number of carboxylic acids is 1. The molecule has 0 aliphatic carbocycles. The number of hydrogen-bond donors (Lipinski definition) is 1. The molecule has 18 nitrogen and oxygen atoms in total. The molecule has 10 rings (SSSR count). The van der Waals surface area contributed by atoms with E-state index < -0.39 is 24.1 Å². The Morgan fingerprint density at radius 1 is 0.556 bits per heavy atom. The van der Waals surface area contributed by atoms with E-state index in [1.807, 2.05) is 16.7 Å². The second kappa shape index (κ2) is 22.3. The first kappa shape index (κ1) is 51.3. The molecule has 22 heteroatoms. The predicted molar refractivity (Wildman–Crippen MR) is 263 cm³/mol. The summed E-state index contributed by atoms with van der Waals surface area (Å²) >= 11 is 24.1.